The van der Waals surface area contributed by atoms with Crippen molar-refractivity contribution in [3.05, 3.63) is 90.0 Å². The van der Waals surface area contributed by atoms with Crippen molar-refractivity contribution >= 4 is 11.5 Å². The van der Waals surface area contributed by atoms with E-state index in [1.165, 1.54) is 49.7 Å². The lowest BCUT2D eigenvalue weighted by Crippen LogP contribution is -2.23. The van der Waals surface area contributed by atoms with Crippen LogP contribution in [0.4, 0.5) is 0 Å². The van der Waals surface area contributed by atoms with E-state index >= 15 is 0 Å². The fourth-order valence-electron chi connectivity index (χ4n) is 3.63. The smallest absolute Gasteiger partial charge is 0.226 e. The number of hydrogen-bond donors (Lipinski definition) is 2. The van der Waals surface area contributed by atoms with Crippen LogP contribution in [-0.2, 0) is 11.2 Å². The minimum Gasteiger partial charge on any atom is -0.400 e. The van der Waals surface area contributed by atoms with Crippen LogP contribution in [0.5, 0.6) is 0 Å². The third-order valence-electron chi connectivity index (χ3n) is 6.05. The van der Waals surface area contributed by atoms with Crippen molar-refractivity contribution in [1.29, 1.82) is 0 Å². The number of hydrogen-bond acceptors (Lipinski definition) is 2. The van der Waals surface area contributed by atoms with Crippen molar-refractivity contribution < 1.29 is 9.90 Å². The standard InChI is InChI=1S/C26H32.C6H11NO.C2H6.CH4O/c1-5-8-22(6-2)9-7-10-23-11-13-24(14-12-23)15-16-25-17-19-26(20-18-25)21(3)4;1-4-5(2)6(8)7-3;2*1-2/h11-14,17-20,22H,3,5-10H2,1-2,4H3;4-5H,1H2,2-3H3,(H,7,8);1-2H3;2H,1H3. The Balaban J connectivity index is 0. The second-order valence-electron chi connectivity index (χ2n) is 8.90. The van der Waals surface area contributed by atoms with Gasteiger partial charge in [-0.25, -0.2) is 0 Å². The van der Waals surface area contributed by atoms with E-state index < -0.39 is 0 Å². The summed E-state index contributed by atoms with van der Waals surface area (Å²) < 4.78 is 0. The number of allylic oxidation sites excluding steroid dienone is 1. The minimum absolute atomic E-state index is 0.0139. The Labute approximate surface area is 234 Å². The van der Waals surface area contributed by atoms with E-state index in [2.05, 4.69) is 92.7 Å². The van der Waals surface area contributed by atoms with E-state index in [-0.39, 0.29) is 11.8 Å². The zero-order chi connectivity index (χ0) is 29.3. The molecule has 0 bridgehead atoms. The lowest BCUT2D eigenvalue weighted by atomic mass is 9.93. The Kier molecular flexibility index (Phi) is 23.7. The fraction of sp³-hybridized carbons (Fsp3) is 0.457. The molecule has 0 radical (unpaired) electrons. The summed E-state index contributed by atoms with van der Waals surface area (Å²) >= 11 is 0. The number of benzene rings is 2. The molecule has 0 saturated heterocycles. The van der Waals surface area contributed by atoms with Crippen LogP contribution in [0.15, 0.2) is 67.8 Å². The van der Waals surface area contributed by atoms with Gasteiger partial charge in [-0.15, -0.1) is 6.58 Å². The van der Waals surface area contributed by atoms with Crippen molar-refractivity contribution in [2.75, 3.05) is 14.2 Å². The maximum absolute atomic E-state index is 10.6. The summed E-state index contributed by atoms with van der Waals surface area (Å²) in [6, 6.07) is 17.0. The van der Waals surface area contributed by atoms with Gasteiger partial charge in [-0.05, 0) is 61.1 Å². The predicted molar refractivity (Wildman–Crippen MR) is 168 cm³/mol. The number of aryl methyl sites for hydroxylation is 1. The molecule has 2 aromatic carbocycles. The summed E-state index contributed by atoms with van der Waals surface area (Å²) in [6.45, 7) is 19.9. The Morgan fingerprint density at radius 3 is 1.84 bits per heavy atom. The van der Waals surface area contributed by atoms with Crippen LogP contribution in [0, 0.1) is 23.7 Å². The molecule has 0 aromatic heterocycles. The van der Waals surface area contributed by atoms with Gasteiger partial charge in [0.05, 0.1) is 5.92 Å². The number of carbonyl (C=O) groups excluding carboxylic acids is 1. The predicted octanol–water partition coefficient (Wildman–Crippen LogP) is 8.46. The molecule has 38 heavy (non-hydrogen) atoms. The van der Waals surface area contributed by atoms with Gasteiger partial charge in [0.1, 0.15) is 0 Å². The second-order valence-corrected chi connectivity index (χ2v) is 8.90. The molecule has 0 aliphatic rings. The van der Waals surface area contributed by atoms with Crippen molar-refractivity contribution in [3.63, 3.8) is 0 Å². The molecule has 0 heterocycles. The topological polar surface area (TPSA) is 49.3 Å². The molecule has 210 valence electrons. The average molecular weight is 520 g/mol. The highest BCUT2D eigenvalue weighted by molar-refractivity contribution is 5.79. The van der Waals surface area contributed by atoms with Crippen LogP contribution >= 0.6 is 0 Å². The third kappa shape index (κ3) is 16.6. The van der Waals surface area contributed by atoms with E-state index in [9.17, 15) is 4.79 Å². The molecule has 0 aliphatic heterocycles. The molecule has 3 heteroatoms. The highest BCUT2D eigenvalue weighted by atomic mass is 16.2. The van der Waals surface area contributed by atoms with Gasteiger partial charge in [-0.3, -0.25) is 4.79 Å². The van der Waals surface area contributed by atoms with Crippen molar-refractivity contribution in [2.45, 2.75) is 80.1 Å². The van der Waals surface area contributed by atoms with E-state index in [4.69, 9.17) is 5.11 Å². The van der Waals surface area contributed by atoms with E-state index in [0.29, 0.717) is 0 Å². The Morgan fingerprint density at radius 1 is 0.974 bits per heavy atom. The van der Waals surface area contributed by atoms with Gasteiger partial charge in [0.25, 0.3) is 0 Å². The van der Waals surface area contributed by atoms with Gasteiger partial charge in [0.2, 0.25) is 5.91 Å². The fourth-order valence-corrected chi connectivity index (χ4v) is 3.63. The molecule has 2 unspecified atom stereocenters. The molecule has 2 aromatic rings. The van der Waals surface area contributed by atoms with E-state index in [0.717, 1.165) is 29.7 Å². The van der Waals surface area contributed by atoms with Crippen LogP contribution in [0.3, 0.4) is 0 Å². The molecular weight excluding hydrogens is 466 g/mol. The molecule has 0 fully saturated rings. The van der Waals surface area contributed by atoms with Gasteiger partial charge in [-0.2, -0.15) is 0 Å². The average Bonchev–Trinajstić information content (AvgIpc) is 2.98. The molecule has 0 saturated carbocycles. The molecular formula is C35H53NO2. The number of aliphatic hydroxyl groups is 1. The molecule has 1 amide bonds. The van der Waals surface area contributed by atoms with Gasteiger partial charge in [0, 0.05) is 25.3 Å². The SMILES string of the molecule is C=C(C)c1ccc(C#Cc2ccc(CCCC(CC)CCC)cc2)cc1.C=CC(C)C(=O)NC.CC.CO. The summed E-state index contributed by atoms with van der Waals surface area (Å²) in [4.78, 5) is 10.6. The van der Waals surface area contributed by atoms with Gasteiger partial charge >= 0.3 is 0 Å². The second kappa shape index (κ2) is 24.3. The number of carbonyl (C=O) groups is 1. The maximum Gasteiger partial charge on any atom is 0.226 e. The summed E-state index contributed by atoms with van der Waals surface area (Å²) in [5.41, 5.74) is 5.80. The third-order valence-corrected chi connectivity index (χ3v) is 6.05. The first kappa shape index (κ1) is 37.1. The number of rotatable bonds is 10. The van der Waals surface area contributed by atoms with Crippen molar-refractivity contribution in [1.82, 2.24) is 5.32 Å². The minimum atomic E-state index is -0.0694. The molecule has 2 atom stereocenters. The Hall–Kier alpha value is -3.09. The van der Waals surface area contributed by atoms with Gasteiger partial charge < -0.3 is 10.4 Å². The quantitative estimate of drug-likeness (QED) is 0.244. The molecule has 2 N–H and O–H groups in total. The summed E-state index contributed by atoms with van der Waals surface area (Å²) in [5, 5.41) is 9.51. The number of aliphatic hydroxyl groups excluding tert-OH is 1. The highest BCUT2D eigenvalue weighted by Crippen LogP contribution is 2.19. The van der Waals surface area contributed by atoms with Gasteiger partial charge in [-0.1, -0.05) is 115 Å². The van der Waals surface area contributed by atoms with Crippen LogP contribution in [0.1, 0.15) is 95.9 Å². The van der Waals surface area contributed by atoms with Gasteiger partial charge in [0.15, 0.2) is 0 Å². The molecule has 3 nitrogen and oxygen atoms in total. The first-order chi connectivity index (χ1) is 18.3. The largest absolute Gasteiger partial charge is 0.400 e. The Bertz CT molecular complexity index is 946. The summed E-state index contributed by atoms with van der Waals surface area (Å²) in [7, 11) is 2.61. The zero-order valence-corrected chi connectivity index (χ0v) is 25.4. The molecule has 2 rings (SSSR count). The molecule has 0 aliphatic carbocycles. The summed E-state index contributed by atoms with van der Waals surface area (Å²) in [6.07, 6.45) is 9.43. The van der Waals surface area contributed by atoms with Crippen LogP contribution in [-0.4, -0.2) is 25.2 Å². The van der Waals surface area contributed by atoms with Crippen LogP contribution in [0.2, 0.25) is 0 Å². The Morgan fingerprint density at radius 2 is 1.47 bits per heavy atom. The summed E-state index contributed by atoms with van der Waals surface area (Å²) in [5.74, 6) is 7.36. The highest BCUT2D eigenvalue weighted by Gasteiger charge is 2.05. The van der Waals surface area contributed by atoms with Crippen molar-refractivity contribution in [2.24, 2.45) is 11.8 Å². The zero-order valence-electron chi connectivity index (χ0n) is 25.4. The first-order valence-electron chi connectivity index (χ1n) is 14.0. The lowest BCUT2D eigenvalue weighted by molar-refractivity contribution is -0.122. The van der Waals surface area contributed by atoms with E-state index in [1.807, 2.05) is 20.8 Å². The number of amides is 1. The van der Waals surface area contributed by atoms with Crippen molar-refractivity contribution in [3.8, 4) is 11.8 Å². The molecule has 0 spiro atoms. The van der Waals surface area contributed by atoms with Crippen LogP contribution < -0.4 is 5.32 Å². The monoisotopic (exact) mass is 519 g/mol. The lowest BCUT2D eigenvalue weighted by Gasteiger charge is -2.13. The first-order valence-corrected chi connectivity index (χ1v) is 14.0. The normalized spacial score (nSPS) is 10.8. The number of nitrogens with one attached hydrogen (secondary N) is 1. The van der Waals surface area contributed by atoms with Crippen LogP contribution in [0.25, 0.3) is 5.57 Å². The maximum atomic E-state index is 10.6. The van der Waals surface area contributed by atoms with E-state index in [1.54, 1.807) is 20.0 Å².